The molecule has 0 heterocycles. The third kappa shape index (κ3) is 5.85. The summed E-state index contributed by atoms with van der Waals surface area (Å²) in [6.45, 7) is 1.67. The summed E-state index contributed by atoms with van der Waals surface area (Å²) in [5, 5.41) is 0. The Morgan fingerprint density at radius 3 is 2.29 bits per heavy atom. The molecule has 0 spiro atoms. The highest BCUT2D eigenvalue weighted by Crippen LogP contribution is 2.15. The predicted octanol–water partition coefficient (Wildman–Crippen LogP) is 1.47. The van der Waals surface area contributed by atoms with Gasteiger partial charge in [-0.25, -0.2) is 0 Å². The fourth-order valence-corrected chi connectivity index (χ4v) is 1.14. The van der Waals surface area contributed by atoms with E-state index >= 15 is 0 Å². The van der Waals surface area contributed by atoms with E-state index in [1.165, 1.54) is 0 Å². The molecular weight excluding hydrogens is 254 g/mol. The molecule has 0 saturated heterocycles. The van der Waals surface area contributed by atoms with Crippen LogP contribution in [-0.2, 0) is 0 Å². The molecule has 4 heteroatoms. The van der Waals surface area contributed by atoms with Crippen LogP contribution in [0, 0.1) is 0 Å². The molecule has 0 saturated carbocycles. The zero-order valence-electron chi connectivity index (χ0n) is 7.96. The van der Waals surface area contributed by atoms with Crippen molar-refractivity contribution < 1.29 is 4.74 Å². The Labute approximate surface area is 110 Å². The maximum atomic E-state index is 5.51. The molecule has 2 nitrogen and oxygen atoms in total. The van der Waals surface area contributed by atoms with E-state index in [-0.39, 0.29) is 23.1 Å². The number of hydrogen-bond donors (Lipinski definition) is 0. The van der Waals surface area contributed by atoms with Gasteiger partial charge in [-0.3, -0.25) is 0 Å². The molecule has 0 aliphatic rings. The lowest BCUT2D eigenvalue weighted by Gasteiger charge is -2.10. The van der Waals surface area contributed by atoms with Gasteiger partial charge in [-0.05, 0) is 38.4 Å². The minimum Gasteiger partial charge on any atom is -0.492 e. The van der Waals surface area contributed by atoms with Gasteiger partial charge in [-0.15, -0.1) is 0 Å². The topological polar surface area (TPSA) is 12.5 Å². The number of rotatable bonds is 4. The average Bonchev–Trinajstić information content (AvgIpc) is 2.08. The van der Waals surface area contributed by atoms with E-state index in [0.29, 0.717) is 0 Å². The molecule has 0 radical (unpaired) electrons. The lowest BCUT2D eigenvalue weighted by atomic mass is 10.3. The van der Waals surface area contributed by atoms with E-state index in [4.69, 9.17) is 4.74 Å². The Balaban J connectivity index is 0.00000169. The lowest BCUT2D eigenvalue weighted by Crippen LogP contribution is -2.19. The number of ether oxygens (including phenoxy) is 1. The molecule has 0 atom stereocenters. The van der Waals surface area contributed by atoms with Gasteiger partial charge >= 0.3 is 23.1 Å². The van der Waals surface area contributed by atoms with Crippen LogP contribution in [0.1, 0.15) is 0 Å². The van der Waals surface area contributed by atoms with E-state index in [1.807, 2.05) is 38.4 Å². The van der Waals surface area contributed by atoms with Crippen molar-refractivity contribution in [1.29, 1.82) is 0 Å². The second kappa shape index (κ2) is 7.51. The van der Waals surface area contributed by atoms with Gasteiger partial charge in [-0.2, -0.15) is 0 Å². The molecule has 76 valence electrons. The van der Waals surface area contributed by atoms with Crippen LogP contribution in [0.2, 0.25) is 0 Å². The van der Waals surface area contributed by atoms with Gasteiger partial charge in [0.15, 0.2) is 0 Å². The van der Waals surface area contributed by atoms with Gasteiger partial charge in [0.05, 0.1) is 0 Å². The SMILES string of the molecule is CN(C)CCOc1ccc(Br)cc1.[MgH2]. The first-order valence-electron chi connectivity index (χ1n) is 4.21. The molecule has 1 aromatic rings. The summed E-state index contributed by atoms with van der Waals surface area (Å²) < 4.78 is 6.59. The van der Waals surface area contributed by atoms with Crippen molar-refractivity contribution in [2.45, 2.75) is 0 Å². The van der Waals surface area contributed by atoms with Gasteiger partial charge in [0.1, 0.15) is 12.4 Å². The molecule has 0 N–H and O–H groups in total. The van der Waals surface area contributed by atoms with Crippen LogP contribution < -0.4 is 4.74 Å². The quantitative estimate of drug-likeness (QED) is 0.768. The van der Waals surface area contributed by atoms with Crippen molar-refractivity contribution in [1.82, 2.24) is 4.90 Å². The van der Waals surface area contributed by atoms with Crippen molar-refractivity contribution in [2.75, 3.05) is 27.2 Å². The summed E-state index contributed by atoms with van der Waals surface area (Å²) in [5.41, 5.74) is 0. The average molecular weight is 270 g/mol. The van der Waals surface area contributed by atoms with Crippen molar-refractivity contribution in [3.05, 3.63) is 28.7 Å². The molecule has 0 aliphatic carbocycles. The van der Waals surface area contributed by atoms with E-state index in [1.54, 1.807) is 0 Å². The van der Waals surface area contributed by atoms with Gasteiger partial charge in [0, 0.05) is 11.0 Å². The van der Waals surface area contributed by atoms with Crippen molar-refractivity contribution in [2.24, 2.45) is 0 Å². The standard InChI is InChI=1S/C10H14BrNO.Mg.2H/c1-12(2)7-8-13-10-5-3-9(11)4-6-10;;;/h3-6H,7-8H2,1-2H3;;;. The molecule has 1 rings (SSSR count). The highest BCUT2D eigenvalue weighted by atomic mass is 79.9. The van der Waals surface area contributed by atoms with E-state index in [0.717, 1.165) is 23.4 Å². The molecule has 1 aromatic carbocycles. The van der Waals surface area contributed by atoms with Gasteiger partial charge in [-0.1, -0.05) is 15.9 Å². The zero-order valence-corrected chi connectivity index (χ0v) is 9.54. The summed E-state index contributed by atoms with van der Waals surface area (Å²) in [6.07, 6.45) is 0. The van der Waals surface area contributed by atoms with Gasteiger partial charge in [0.25, 0.3) is 0 Å². The summed E-state index contributed by atoms with van der Waals surface area (Å²) in [5.74, 6) is 0.921. The Morgan fingerprint density at radius 1 is 1.21 bits per heavy atom. The molecule has 0 unspecified atom stereocenters. The molecule has 0 fully saturated rings. The minimum atomic E-state index is 0. The van der Waals surface area contributed by atoms with Gasteiger partial charge < -0.3 is 9.64 Å². The van der Waals surface area contributed by atoms with Crippen molar-refractivity contribution >= 4 is 39.0 Å². The first kappa shape index (κ1) is 14.2. The minimum absolute atomic E-state index is 0. The highest BCUT2D eigenvalue weighted by molar-refractivity contribution is 9.10. The molecule has 0 amide bonds. The Hall–Kier alpha value is 0.226. The number of benzene rings is 1. The van der Waals surface area contributed by atoms with Crippen LogP contribution in [-0.4, -0.2) is 55.2 Å². The predicted molar refractivity (Wildman–Crippen MR) is 66.7 cm³/mol. The van der Waals surface area contributed by atoms with Crippen molar-refractivity contribution in [3.63, 3.8) is 0 Å². The smallest absolute Gasteiger partial charge is 0.316 e. The van der Waals surface area contributed by atoms with Crippen LogP contribution in [0.3, 0.4) is 0 Å². The second-order valence-electron chi connectivity index (χ2n) is 3.11. The third-order valence-electron chi connectivity index (χ3n) is 1.62. The fourth-order valence-electron chi connectivity index (χ4n) is 0.877. The van der Waals surface area contributed by atoms with Crippen LogP contribution in [0.15, 0.2) is 28.7 Å². The molecule has 0 bridgehead atoms. The highest BCUT2D eigenvalue weighted by Gasteiger charge is 1.94. The molecule has 0 aliphatic heterocycles. The van der Waals surface area contributed by atoms with Gasteiger partial charge in [0.2, 0.25) is 0 Å². The molecule has 14 heavy (non-hydrogen) atoms. The number of halogens is 1. The first-order valence-corrected chi connectivity index (χ1v) is 5.01. The number of hydrogen-bond acceptors (Lipinski definition) is 2. The van der Waals surface area contributed by atoms with Crippen molar-refractivity contribution in [3.8, 4) is 5.75 Å². The summed E-state index contributed by atoms with van der Waals surface area (Å²) >= 11 is 3.37. The molecule has 0 aromatic heterocycles. The van der Waals surface area contributed by atoms with Crippen LogP contribution in [0.5, 0.6) is 5.75 Å². The number of likely N-dealkylation sites (N-methyl/N-ethyl adjacent to an activating group) is 1. The largest absolute Gasteiger partial charge is 0.492 e. The monoisotopic (exact) mass is 269 g/mol. The third-order valence-corrected chi connectivity index (χ3v) is 2.15. The number of nitrogens with zero attached hydrogens (tertiary/aromatic N) is 1. The maximum absolute atomic E-state index is 5.51. The van der Waals surface area contributed by atoms with E-state index in [9.17, 15) is 0 Å². The lowest BCUT2D eigenvalue weighted by molar-refractivity contribution is 0.261. The van der Waals surface area contributed by atoms with Crippen LogP contribution in [0.4, 0.5) is 0 Å². The second-order valence-corrected chi connectivity index (χ2v) is 4.02. The Kier molecular flexibility index (Phi) is 7.63. The van der Waals surface area contributed by atoms with Crippen LogP contribution in [0.25, 0.3) is 0 Å². The normalized spacial score (nSPS) is 9.71. The van der Waals surface area contributed by atoms with Crippen LogP contribution >= 0.6 is 15.9 Å². The van der Waals surface area contributed by atoms with E-state index < -0.39 is 0 Å². The Bertz CT molecular complexity index is 251. The fraction of sp³-hybridized carbons (Fsp3) is 0.400. The molecular formula is C10H16BrMgNO. The summed E-state index contributed by atoms with van der Waals surface area (Å²) in [7, 11) is 4.07. The zero-order chi connectivity index (χ0) is 9.68. The van der Waals surface area contributed by atoms with E-state index in [2.05, 4.69) is 20.8 Å². The Morgan fingerprint density at radius 2 is 1.79 bits per heavy atom. The summed E-state index contributed by atoms with van der Waals surface area (Å²) in [6, 6.07) is 7.87. The first-order chi connectivity index (χ1) is 6.18. The summed E-state index contributed by atoms with van der Waals surface area (Å²) in [4.78, 5) is 2.10. The maximum Gasteiger partial charge on any atom is 0.316 e.